The largest absolute Gasteiger partial charge is 0.347 e. The molecule has 0 radical (unpaired) electrons. The van der Waals surface area contributed by atoms with E-state index in [-0.39, 0.29) is 11.4 Å². The number of benzene rings is 2. The molecular formula is C20H15F2N3O2. The van der Waals surface area contributed by atoms with Crippen LogP contribution in [0.4, 0.5) is 14.5 Å². The van der Waals surface area contributed by atoms with E-state index in [2.05, 4.69) is 15.6 Å². The van der Waals surface area contributed by atoms with Gasteiger partial charge in [-0.2, -0.15) is 0 Å². The number of para-hydroxylation sites is 1. The van der Waals surface area contributed by atoms with Crippen LogP contribution in [0.3, 0.4) is 0 Å². The first-order chi connectivity index (χ1) is 13.0. The Balaban J connectivity index is 1.71. The third kappa shape index (κ3) is 4.52. The molecule has 0 atom stereocenters. The summed E-state index contributed by atoms with van der Waals surface area (Å²) in [6.45, 7) is 0.304. The Morgan fingerprint density at radius 3 is 2.04 bits per heavy atom. The molecule has 0 unspecified atom stereocenters. The van der Waals surface area contributed by atoms with Crippen LogP contribution in [0, 0.1) is 11.6 Å². The molecule has 2 N–H and O–H groups in total. The van der Waals surface area contributed by atoms with Crippen molar-refractivity contribution in [2.75, 3.05) is 5.32 Å². The molecular weight excluding hydrogens is 352 g/mol. The van der Waals surface area contributed by atoms with Gasteiger partial charge in [-0.05, 0) is 29.8 Å². The van der Waals surface area contributed by atoms with Crippen molar-refractivity contribution in [1.82, 2.24) is 10.3 Å². The first-order valence-corrected chi connectivity index (χ1v) is 8.09. The van der Waals surface area contributed by atoms with E-state index in [9.17, 15) is 18.4 Å². The van der Waals surface area contributed by atoms with Crippen LogP contribution < -0.4 is 10.6 Å². The van der Waals surface area contributed by atoms with Gasteiger partial charge < -0.3 is 10.6 Å². The molecule has 27 heavy (non-hydrogen) atoms. The normalized spacial score (nSPS) is 10.3. The fraction of sp³-hybridized carbons (Fsp3) is 0.0500. The molecule has 3 aromatic rings. The third-order valence-corrected chi connectivity index (χ3v) is 3.71. The second-order valence-corrected chi connectivity index (χ2v) is 5.63. The standard InChI is InChI=1S/C20H15F2N3O2/c21-14-8-4-9-15(22)18(14)25-20(27)17-11-5-10-16(24-17)19(26)23-12-13-6-2-1-3-7-13/h1-11H,12H2,(H,23,26)(H,25,27). The van der Waals surface area contributed by atoms with Gasteiger partial charge in [-0.25, -0.2) is 13.8 Å². The van der Waals surface area contributed by atoms with E-state index in [1.165, 1.54) is 24.3 Å². The number of carbonyl (C=O) groups is 2. The van der Waals surface area contributed by atoms with Gasteiger partial charge >= 0.3 is 0 Å². The molecule has 7 heteroatoms. The Labute approximate surface area is 154 Å². The van der Waals surface area contributed by atoms with Gasteiger partial charge in [0.05, 0.1) is 0 Å². The van der Waals surface area contributed by atoms with Gasteiger partial charge in [-0.15, -0.1) is 0 Å². The Bertz CT molecular complexity index is 958. The fourth-order valence-electron chi connectivity index (χ4n) is 2.35. The minimum atomic E-state index is -0.903. The number of aromatic nitrogens is 1. The highest BCUT2D eigenvalue weighted by Crippen LogP contribution is 2.18. The summed E-state index contributed by atoms with van der Waals surface area (Å²) in [6, 6.07) is 16.8. The molecule has 0 saturated carbocycles. The van der Waals surface area contributed by atoms with Crippen molar-refractivity contribution in [3.05, 3.63) is 95.3 Å². The predicted octanol–water partition coefficient (Wildman–Crippen LogP) is 3.54. The monoisotopic (exact) mass is 367 g/mol. The van der Waals surface area contributed by atoms with Crippen LogP contribution >= 0.6 is 0 Å². The third-order valence-electron chi connectivity index (χ3n) is 3.71. The second-order valence-electron chi connectivity index (χ2n) is 5.63. The molecule has 3 rings (SSSR count). The summed E-state index contributed by atoms with van der Waals surface area (Å²) in [6.07, 6.45) is 0. The zero-order chi connectivity index (χ0) is 19.2. The van der Waals surface area contributed by atoms with Crippen LogP contribution in [0.25, 0.3) is 0 Å². The molecule has 0 bridgehead atoms. The van der Waals surface area contributed by atoms with Gasteiger partial charge in [0.2, 0.25) is 0 Å². The number of hydrogen-bond donors (Lipinski definition) is 2. The van der Waals surface area contributed by atoms with Crippen molar-refractivity contribution in [2.24, 2.45) is 0 Å². The molecule has 0 aliphatic heterocycles. The molecule has 136 valence electrons. The number of rotatable bonds is 5. The number of carbonyl (C=O) groups excluding carboxylic acids is 2. The number of nitrogens with one attached hydrogen (secondary N) is 2. The van der Waals surface area contributed by atoms with Crippen molar-refractivity contribution in [2.45, 2.75) is 6.54 Å². The number of halogens is 2. The van der Waals surface area contributed by atoms with Crippen LogP contribution in [0.1, 0.15) is 26.5 Å². The van der Waals surface area contributed by atoms with E-state index >= 15 is 0 Å². The fourth-order valence-corrected chi connectivity index (χ4v) is 2.35. The van der Waals surface area contributed by atoms with E-state index in [4.69, 9.17) is 0 Å². The summed E-state index contributed by atoms with van der Waals surface area (Å²) in [4.78, 5) is 28.4. The summed E-state index contributed by atoms with van der Waals surface area (Å²) < 4.78 is 27.3. The maximum Gasteiger partial charge on any atom is 0.274 e. The molecule has 0 spiro atoms. The summed E-state index contributed by atoms with van der Waals surface area (Å²) in [7, 11) is 0. The lowest BCUT2D eigenvalue weighted by molar-refractivity contribution is 0.0945. The molecule has 0 aliphatic rings. The van der Waals surface area contributed by atoms with Crippen LogP contribution in [0.2, 0.25) is 0 Å². The number of pyridine rings is 1. The maximum absolute atomic E-state index is 13.7. The summed E-state index contributed by atoms with van der Waals surface area (Å²) >= 11 is 0. The lowest BCUT2D eigenvalue weighted by Crippen LogP contribution is -2.25. The topological polar surface area (TPSA) is 71.1 Å². The maximum atomic E-state index is 13.7. The highest BCUT2D eigenvalue weighted by molar-refractivity contribution is 6.04. The lowest BCUT2D eigenvalue weighted by Gasteiger charge is -2.08. The van der Waals surface area contributed by atoms with E-state index in [0.29, 0.717) is 6.54 Å². The van der Waals surface area contributed by atoms with E-state index < -0.39 is 29.1 Å². The molecule has 0 aliphatic carbocycles. The predicted molar refractivity (Wildman–Crippen MR) is 96.2 cm³/mol. The van der Waals surface area contributed by atoms with Crippen molar-refractivity contribution >= 4 is 17.5 Å². The summed E-state index contributed by atoms with van der Waals surface area (Å²) in [5, 5.41) is 4.83. The zero-order valence-corrected chi connectivity index (χ0v) is 14.1. The molecule has 0 saturated heterocycles. The molecule has 1 heterocycles. The van der Waals surface area contributed by atoms with E-state index in [0.717, 1.165) is 17.7 Å². The Morgan fingerprint density at radius 2 is 1.37 bits per heavy atom. The van der Waals surface area contributed by atoms with Gasteiger partial charge in [-0.1, -0.05) is 42.5 Å². The number of amides is 2. The number of anilines is 1. The van der Waals surface area contributed by atoms with E-state index in [1.54, 1.807) is 0 Å². The van der Waals surface area contributed by atoms with Gasteiger partial charge in [0.15, 0.2) is 0 Å². The van der Waals surface area contributed by atoms with Crippen molar-refractivity contribution in [3.8, 4) is 0 Å². The smallest absolute Gasteiger partial charge is 0.274 e. The first kappa shape index (κ1) is 18.2. The van der Waals surface area contributed by atoms with Gasteiger partial charge in [0.1, 0.15) is 28.7 Å². The van der Waals surface area contributed by atoms with Gasteiger partial charge in [-0.3, -0.25) is 9.59 Å². The average molecular weight is 367 g/mol. The SMILES string of the molecule is O=C(NCc1ccccc1)c1cccc(C(=O)Nc2c(F)cccc2F)n1. The lowest BCUT2D eigenvalue weighted by atomic mass is 10.2. The van der Waals surface area contributed by atoms with Crippen molar-refractivity contribution in [3.63, 3.8) is 0 Å². The van der Waals surface area contributed by atoms with Gasteiger partial charge in [0.25, 0.3) is 11.8 Å². The first-order valence-electron chi connectivity index (χ1n) is 8.09. The summed E-state index contributed by atoms with van der Waals surface area (Å²) in [5.41, 5.74) is 0.232. The zero-order valence-electron chi connectivity index (χ0n) is 14.1. The second kappa shape index (κ2) is 8.18. The molecule has 5 nitrogen and oxygen atoms in total. The van der Waals surface area contributed by atoms with Crippen molar-refractivity contribution in [1.29, 1.82) is 0 Å². The number of nitrogens with zero attached hydrogens (tertiary/aromatic N) is 1. The minimum Gasteiger partial charge on any atom is -0.347 e. The molecule has 2 amide bonds. The van der Waals surface area contributed by atoms with Gasteiger partial charge in [0, 0.05) is 6.54 Å². The highest BCUT2D eigenvalue weighted by Gasteiger charge is 2.16. The number of hydrogen-bond acceptors (Lipinski definition) is 3. The van der Waals surface area contributed by atoms with Crippen LogP contribution in [0.5, 0.6) is 0 Å². The average Bonchev–Trinajstić information content (AvgIpc) is 2.70. The molecule has 0 fully saturated rings. The summed E-state index contributed by atoms with van der Waals surface area (Å²) in [5.74, 6) is -3.09. The van der Waals surface area contributed by atoms with Crippen LogP contribution in [0.15, 0.2) is 66.7 Å². The Hall–Kier alpha value is -3.61. The molecule has 2 aromatic carbocycles. The van der Waals surface area contributed by atoms with Crippen LogP contribution in [-0.4, -0.2) is 16.8 Å². The van der Waals surface area contributed by atoms with Crippen molar-refractivity contribution < 1.29 is 18.4 Å². The Morgan fingerprint density at radius 1 is 0.778 bits per heavy atom. The van der Waals surface area contributed by atoms with Crippen LogP contribution in [-0.2, 0) is 6.54 Å². The van der Waals surface area contributed by atoms with E-state index in [1.807, 2.05) is 30.3 Å². The Kier molecular flexibility index (Phi) is 5.51. The molecule has 1 aromatic heterocycles. The highest BCUT2D eigenvalue weighted by atomic mass is 19.1. The quantitative estimate of drug-likeness (QED) is 0.725. The minimum absolute atomic E-state index is 0.0209.